The van der Waals surface area contributed by atoms with Gasteiger partial charge in [0.25, 0.3) is 0 Å². The lowest BCUT2D eigenvalue weighted by molar-refractivity contribution is 0.0696. The van der Waals surface area contributed by atoms with Crippen LogP contribution < -0.4 is 4.90 Å². The second-order valence-corrected chi connectivity index (χ2v) is 5.19. The van der Waals surface area contributed by atoms with Crippen LogP contribution in [-0.2, 0) is 0 Å². The molecule has 2 rings (SSSR count). The van der Waals surface area contributed by atoms with E-state index in [0.717, 1.165) is 30.4 Å². The van der Waals surface area contributed by atoms with E-state index in [-0.39, 0.29) is 5.56 Å². The molecule has 0 bridgehead atoms. The van der Waals surface area contributed by atoms with Crippen molar-refractivity contribution >= 4 is 11.8 Å². The van der Waals surface area contributed by atoms with Gasteiger partial charge in [0.2, 0.25) is 0 Å². The lowest BCUT2D eigenvalue weighted by Gasteiger charge is -2.23. The fraction of sp³-hybridized carbons (Fsp3) is 0.571. The molecule has 1 aliphatic rings. The molecule has 18 heavy (non-hydrogen) atoms. The first-order valence-corrected chi connectivity index (χ1v) is 6.53. The Morgan fingerprint density at radius 3 is 2.89 bits per heavy atom. The van der Waals surface area contributed by atoms with Crippen molar-refractivity contribution in [2.45, 2.75) is 33.1 Å². The van der Waals surface area contributed by atoms with Crippen molar-refractivity contribution in [2.75, 3.05) is 18.0 Å². The van der Waals surface area contributed by atoms with Gasteiger partial charge in [0.05, 0.1) is 5.56 Å². The maximum Gasteiger partial charge on any atom is 0.337 e. The van der Waals surface area contributed by atoms with Crippen molar-refractivity contribution < 1.29 is 9.90 Å². The first kappa shape index (κ1) is 12.9. The number of hydrogen-bond acceptors (Lipinski definition) is 3. The summed E-state index contributed by atoms with van der Waals surface area (Å²) in [5.41, 5.74) is 1.21. The van der Waals surface area contributed by atoms with Gasteiger partial charge in [-0.15, -0.1) is 0 Å². The lowest BCUT2D eigenvalue weighted by Crippen LogP contribution is -2.26. The van der Waals surface area contributed by atoms with Gasteiger partial charge in [0, 0.05) is 19.3 Å². The van der Waals surface area contributed by atoms with Crippen molar-refractivity contribution in [2.24, 2.45) is 5.92 Å². The first-order chi connectivity index (χ1) is 8.58. The highest BCUT2D eigenvalue weighted by molar-refractivity contribution is 5.87. The zero-order valence-corrected chi connectivity index (χ0v) is 11.0. The summed E-state index contributed by atoms with van der Waals surface area (Å²) in [7, 11) is 0. The molecule has 1 aromatic rings. The largest absolute Gasteiger partial charge is 0.478 e. The molecule has 4 nitrogen and oxygen atoms in total. The minimum absolute atomic E-state index is 0.263. The molecular weight excluding hydrogens is 228 g/mol. The van der Waals surface area contributed by atoms with E-state index in [2.05, 4.69) is 16.8 Å². The lowest BCUT2D eigenvalue weighted by atomic mass is 10.0. The summed E-state index contributed by atoms with van der Waals surface area (Å²) < 4.78 is 0. The minimum Gasteiger partial charge on any atom is -0.478 e. The topological polar surface area (TPSA) is 53.4 Å². The van der Waals surface area contributed by atoms with Crippen LogP contribution >= 0.6 is 0 Å². The van der Waals surface area contributed by atoms with E-state index in [9.17, 15) is 4.79 Å². The van der Waals surface area contributed by atoms with Crippen molar-refractivity contribution in [1.82, 2.24) is 4.98 Å². The highest BCUT2D eigenvalue weighted by Gasteiger charge is 2.17. The predicted molar refractivity (Wildman–Crippen MR) is 71.2 cm³/mol. The third-order valence-electron chi connectivity index (χ3n) is 3.61. The Morgan fingerprint density at radius 1 is 1.44 bits per heavy atom. The summed E-state index contributed by atoms with van der Waals surface area (Å²) in [6, 6.07) is 1.71. The summed E-state index contributed by atoms with van der Waals surface area (Å²) in [4.78, 5) is 17.5. The number of carboxylic acids is 1. The van der Waals surface area contributed by atoms with Crippen LogP contribution in [0.15, 0.2) is 12.3 Å². The van der Waals surface area contributed by atoms with Crippen LogP contribution in [0.25, 0.3) is 0 Å². The average molecular weight is 248 g/mol. The number of aryl methyl sites for hydroxylation is 1. The Morgan fingerprint density at radius 2 is 2.22 bits per heavy atom. The van der Waals surface area contributed by atoms with E-state index in [1.807, 2.05) is 6.92 Å². The van der Waals surface area contributed by atoms with Crippen molar-refractivity contribution in [3.63, 3.8) is 0 Å². The number of anilines is 1. The number of rotatable bonds is 2. The molecule has 98 valence electrons. The Kier molecular flexibility index (Phi) is 3.84. The van der Waals surface area contributed by atoms with Gasteiger partial charge in [-0.05, 0) is 43.7 Å². The van der Waals surface area contributed by atoms with E-state index in [0.29, 0.717) is 0 Å². The molecule has 0 spiro atoms. The van der Waals surface area contributed by atoms with Crippen molar-refractivity contribution in [1.29, 1.82) is 0 Å². The zero-order chi connectivity index (χ0) is 13.1. The third kappa shape index (κ3) is 2.81. The quantitative estimate of drug-likeness (QED) is 0.874. The fourth-order valence-corrected chi connectivity index (χ4v) is 2.49. The number of carbonyl (C=O) groups is 1. The van der Waals surface area contributed by atoms with Crippen LogP contribution in [0, 0.1) is 12.8 Å². The van der Waals surface area contributed by atoms with Gasteiger partial charge in [-0.25, -0.2) is 9.78 Å². The Bertz CT molecular complexity index is 445. The number of hydrogen-bond donors (Lipinski definition) is 1. The van der Waals surface area contributed by atoms with Crippen LogP contribution in [0.5, 0.6) is 0 Å². The third-order valence-corrected chi connectivity index (χ3v) is 3.61. The summed E-state index contributed by atoms with van der Waals surface area (Å²) >= 11 is 0. The van der Waals surface area contributed by atoms with E-state index in [1.165, 1.54) is 25.5 Å². The molecular formula is C14H20N2O2. The number of carboxylic acid groups (broad SMARTS) is 1. The van der Waals surface area contributed by atoms with Crippen molar-refractivity contribution in [3.8, 4) is 0 Å². The van der Waals surface area contributed by atoms with Gasteiger partial charge >= 0.3 is 5.97 Å². The first-order valence-electron chi connectivity index (χ1n) is 6.53. The van der Waals surface area contributed by atoms with Crippen LogP contribution in [-0.4, -0.2) is 29.1 Å². The molecule has 1 aliphatic heterocycles. The van der Waals surface area contributed by atoms with Gasteiger partial charge in [-0.3, -0.25) is 0 Å². The van der Waals surface area contributed by atoms with E-state index in [4.69, 9.17) is 5.11 Å². The molecule has 0 saturated carbocycles. The minimum atomic E-state index is -0.915. The maximum absolute atomic E-state index is 10.9. The Balaban J connectivity index is 2.20. The van der Waals surface area contributed by atoms with Gasteiger partial charge in [0.1, 0.15) is 5.82 Å². The summed E-state index contributed by atoms with van der Waals surface area (Å²) in [6.45, 7) is 6.26. The number of nitrogens with zero attached hydrogens (tertiary/aromatic N) is 2. The molecule has 0 amide bonds. The molecule has 1 fully saturated rings. The average Bonchev–Trinajstić information content (AvgIpc) is 2.54. The monoisotopic (exact) mass is 248 g/mol. The molecule has 4 heteroatoms. The number of aromatic carboxylic acids is 1. The van der Waals surface area contributed by atoms with Gasteiger partial charge in [0.15, 0.2) is 0 Å². The summed E-state index contributed by atoms with van der Waals surface area (Å²) in [6.07, 6.45) is 5.09. The number of aromatic nitrogens is 1. The molecule has 1 saturated heterocycles. The highest BCUT2D eigenvalue weighted by atomic mass is 16.4. The summed E-state index contributed by atoms with van der Waals surface area (Å²) in [5.74, 6) is 0.796. The van der Waals surface area contributed by atoms with Gasteiger partial charge in [-0.1, -0.05) is 6.92 Å². The zero-order valence-electron chi connectivity index (χ0n) is 11.0. The number of pyridine rings is 1. The van der Waals surface area contributed by atoms with E-state index >= 15 is 0 Å². The molecule has 0 aliphatic carbocycles. The van der Waals surface area contributed by atoms with E-state index < -0.39 is 5.97 Å². The SMILES string of the molecule is Cc1cc(C(=O)O)cnc1N1CCCC(C)CC1. The Hall–Kier alpha value is -1.58. The second-order valence-electron chi connectivity index (χ2n) is 5.19. The van der Waals surface area contributed by atoms with Crippen LogP contribution in [0.3, 0.4) is 0 Å². The standard InChI is InChI=1S/C14H20N2O2/c1-10-4-3-6-16(7-5-10)13-11(2)8-12(9-15-13)14(17)18/h8-10H,3-7H2,1-2H3,(H,17,18). The maximum atomic E-state index is 10.9. The second kappa shape index (κ2) is 5.38. The van der Waals surface area contributed by atoms with Gasteiger partial charge in [-0.2, -0.15) is 0 Å². The van der Waals surface area contributed by atoms with Crippen molar-refractivity contribution in [3.05, 3.63) is 23.4 Å². The van der Waals surface area contributed by atoms with Crippen LogP contribution in [0.2, 0.25) is 0 Å². The fourth-order valence-electron chi connectivity index (χ4n) is 2.49. The van der Waals surface area contributed by atoms with E-state index in [1.54, 1.807) is 6.07 Å². The summed E-state index contributed by atoms with van der Waals surface area (Å²) in [5, 5.41) is 8.94. The smallest absolute Gasteiger partial charge is 0.337 e. The molecule has 1 aromatic heterocycles. The molecule has 1 atom stereocenters. The molecule has 2 heterocycles. The predicted octanol–water partition coefficient (Wildman–Crippen LogP) is 2.71. The highest BCUT2D eigenvalue weighted by Crippen LogP contribution is 2.23. The molecule has 1 N–H and O–H groups in total. The molecule has 0 aromatic carbocycles. The van der Waals surface area contributed by atoms with Gasteiger partial charge < -0.3 is 10.0 Å². The Labute approximate surface area is 108 Å². The molecule has 0 radical (unpaired) electrons. The van der Waals surface area contributed by atoms with Crippen LogP contribution in [0.4, 0.5) is 5.82 Å². The molecule has 1 unspecified atom stereocenters. The normalized spacial score (nSPS) is 20.6. The van der Waals surface area contributed by atoms with Crippen LogP contribution in [0.1, 0.15) is 42.1 Å².